The van der Waals surface area contributed by atoms with Crippen LogP contribution in [0.15, 0.2) is 0 Å². The van der Waals surface area contributed by atoms with E-state index in [4.69, 9.17) is 5.11 Å². The number of hydrogen-bond donors (Lipinski definition) is 3. The number of methoxy groups -OCH3 is 1. The van der Waals surface area contributed by atoms with E-state index in [1.165, 1.54) is 7.11 Å². The van der Waals surface area contributed by atoms with Gasteiger partial charge in [0.05, 0.1) is 12.3 Å². The van der Waals surface area contributed by atoms with Gasteiger partial charge in [-0.1, -0.05) is 0 Å². The van der Waals surface area contributed by atoms with E-state index in [1.807, 2.05) is 0 Å². The first-order valence-electron chi connectivity index (χ1n) is 4.71. The van der Waals surface area contributed by atoms with Gasteiger partial charge >= 0.3 is 12.0 Å². The lowest BCUT2D eigenvalue weighted by Crippen LogP contribution is -2.43. The number of aliphatic carboxylic acids is 1. The summed E-state index contributed by atoms with van der Waals surface area (Å²) in [6.45, 7) is -0.230. The van der Waals surface area contributed by atoms with Crippen LogP contribution in [0, 0.1) is 0 Å². The summed E-state index contributed by atoms with van der Waals surface area (Å²) >= 11 is 0. The SMILES string of the molecule is COC(CNC(=O)NCCS(C)(=O)=O)C(=O)O. The zero-order chi connectivity index (χ0) is 13.5. The maximum Gasteiger partial charge on any atom is 0.334 e. The number of ether oxygens (including phenoxy) is 1. The second kappa shape index (κ2) is 7.07. The molecule has 0 heterocycles. The number of rotatable bonds is 7. The van der Waals surface area contributed by atoms with Gasteiger partial charge in [-0.15, -0.1) is 0 Å². The molecule has 0 aliphatic rings. The molecule has 0 spiro atoms. The Morgan fingerprint density at radius 3 is 2.35 bits per heavy atom. The van der Waals surface area contributed by atoms with Gasteiger partial charge in [0.25, 0.3) is 0 Å². The van der Waals surface area contributed by atoms with Crippen LogP contribution in [0.25, 0.3) is 0 Å². The summed E-state index contributed by atoms with van der Waals surface area (Å²) in [7, 11) is -1.92. The van der Waals surface area contributed by atoms with Crippen LogP contribution >= 0.6 is 0 Å². The topological polar surface area (TPSA) is 122 Å². The van der Waals surface area contributed by atoms with Gasteiger partial charge in [-0.2, -0.15) is 0 Å². The van der Waals surface area contributed by atoms with Crippen molar-refractivity contribution in [1.29, 1.82) is 0 Å². The third-order valence-corrected chi connectivity index (χ3v) is 2.71. The van der Waals surface area contributed by atoms with E-state index in [9.17, 15) is 18.0 Å². The summed E-state index contributed by atoms with van der Waals surface area (Å²) in [5, 5.41) is 13.1. The summed E-state index contributed by atoms with van der Waals surface area (Å²) in [6, 6.07) is -0.642. The minimum Gasteiger partial charge on any atom is -0.479 e. The van der Waals surface area contributed by atoms with E-state index < -0.39 is 27.9 Å². The number of carbonyl (C=O) groups is 2. The molecule has 0 fully saturated rings. The van der Waals surface area contributed by atoms with Crippen LogP contribution < -0.4 is 10.6 Å². The number of carbonyl (C=O) groups excluding carboxylic acids is 1. The Bertz CT molecular complexity index is 366. The predicted octanol–water partition coefficient (Wildman–Crippen LogP) is -1.57. The van der Waals surface area contributed by atoms with Crippen molar-refractivity contribution in [3.8, 4) is 0 Å². The van der Waals surface area contributed by atoms with E-state index in [0.29, 0.717) is 0 Å². The van der Waals surface area contributed by atoms with Crippen molar-refractivity contribution in [2.75, 3.05) is 32.2 Å². The first-order valence-corrected chi connectivity index (χ1v) is 6.77. The highest BCUT2D eigenvalue weighted by molar-refractivity contribution is 7.90. The first-order chi connectivity index (χ1) is 7.76. The van der Waals surface area contributed by atoms with Crippen molar-refractivity contribution in [3.05, 3.63) is 0 Å². The first kappa shape index (κ1) is 15.7. The molecule has 0 aromatic carbocycles. The molecule has 1 atom stereocenters. The number of carboxylic acid groups (broad SMARTS) is 1. The Hall–Kier alpha value is -1.35. The lowest BCUT2D eigenvalue weighted by molar-refractivity contribution is -0.147. The number of urea groups is 1. The van der Waals surface area contributed by atoms with Gasteiger partial charge in [0, 0.05) is 19.9 Å². The number of nitrogens with one attached hydrogen (secondary N) is 2. The molecule has 0 saturated carbocycles. The van der Waals surface area contributed by atoms with Crippen LogP contribution in [0.5, 0.6) is 0 Å². The van der Waals surface area contributed by atoms with Crippen molar-refractivity contribution in [2.24, 2.45) is 0 Å². The van der Waals surface area contributed by atoms with Crippen molar-refractivity contribution in [3.63, 3.8) is 0 Å². The molecule has 0 aliphatic heterocycles. The van der Waals surface area contributed by atoms with Gasteiger partial charge < -0.3 is 20.5 Å². The normalized spacial score (nSPS) is 12.8. The lowest BCUT2D eigenvalue weighted by Gasteiger charge is -2.12. The monoisotopic (exact) mass is 268 g/mol. The molecular weight excluding hydrogens is 252 g/mol. The van der Waals surface area contributed by atoms with Crippen LogP contribution in [0.2, 0.25) is 0 Å². The fourth-order valence-electron chi connectivity index (χ4n) is 0.869. The molecule has 0 aliphatic carbocycles. The van der Waals surface area contributed by atoms with E-state index in [2.05, 4.69) is 15.4 Å². The van der Waals surface area contributed by atoms with Crippen LogP contribution in [0.1, 0.15) is 0 Å². The van der Waals surface area contributed by atoms with Crippen molar-refractivity contribution in [1.82, 2.24) is 10.6 Å². The quantitative estimate of drug-likeness (QED) is 0.513. The molecule has 0 radical (unpaired) electrons. The largest absolute Gasteiger partial charge is 0.479 e. The Balaban J connectivity index is 3.84. The Morgan fingerprint density at radius 1 is 1.35 bits per heavy atom. The molecule has 0 aromatic rings. The molecule has 1 unspecified atom stereocenters. The van der Waals surface area contributed by atoms with Crippen LogP contribution in [-0.4, -0.2) is 63.8 Å². The second-order valence-corrected chi connectivity index (χ2v) is 5.59. The molecule has 17 heavy (non-hydrogen) atoms. The van der Waals surface area contributed by atoms with Gasteiger partial charge in [-0.3, -0.25) is 0 Å². The molecule has 9 heteroatoms. The minimum atomic E-state index is -3.13. The summed E-state index contributed by atoms with van der Waals surface area (Å²) < 4.78 is 26.1. The predicted molar refractivity (Wildman–Crippen MR) is 59.5 cm³/mol. The van der Waals surface area contributed by atoms with Gasteiger partial charge in [0.1, 0.15) is 9.84 Å². The molecule has 100 valence electrons. The highest BCUT2D eigenvalue weighted by Gasteiger charge is 2.16. The van der Waals surface area contributed by atoms with Gasteiger partial charge in [0.2, 0.25) is 0 Å². The Kier molecular flexibility index (Phi) is 6.51. The number of hydrogen-bond acceptors (Lipinski definition) is 5. The molecule has 0 aromatic heterocycles. The molecule has 8 nitrogen and oxygen atoms in total. The average molecular weight is 268 g/mol. The minimum absolute atomic E-state index is 0.0324. The summed E-state index contributed by atoms with van der Waals surface area (Å²) in [5.74, 6) is -1.36. The fourth-order valence-corrected chi connectivity index (χ4v) is 1.34. The molecule has 0 saturated heterocycles. The fraction of sp³-hybridized carbons (Fsp3) is 0.750. The maximum atomic E-state index is 11.1. The van der Waals surface area contributed by atoms with Crippen LogP contribution in [0.4, 0.5) is 4.79 Å². The van der Waals surface area contributed by atoms with Gasteiger partial charge in [-0.25, -0.2) is 18.0 Å². The van der Waals surface area contributed by atoms with E-state index in [0.717, 1.165) is 6.26 Å². The molecule has 2 amide bonds. The van der Waals surface area contributed by atoms with E-state index >= 15 is 0 Å². The maximum absolute atomic E-state index is 11.1. The molecule has 0 rings (SSSR count). The Morgan fingerprint density at radius 2 is 1.94 bits per heavy atom. The van der Waals surface area contributed by atoms with E-state index in [-0.39, 0.29) is 18.8 Å². The van der Waals surface area contributed by atoms with Crippen molar-refractivity contribution in [2.45, 2.75) is 6.10 Å². The van der Waals surface area contributed by atoms with Crippen LogP contribution in [0.3, 0.4) is 0 Å². The molecular formula is C8H16N2O6S. The number of amides is 2. The summed E-state index contributed by atoms with van der Waals surface area (Å²) in [6.07, 6.45) is -0.0755. The molecule has 0 bridgehead atoms. The van der Waals surface area contributed by atoms with Crippen LogP contribution in [-0.2, 0) is 19.4 Å². The smallest absolute Gasteiger partial charge is 0.334 e. The van der Waals surface area contributed by atoms with Gasteiger partial charge in [0.15, 0.2) is 6.10 Å². The number of carboxylic acids is 1. The Labute approximate surface area is 99.2 Å². The zero-order valence-corrected chi connectivity index (χ0v) is 10.4. The summed E-state index contributed by atoms with van der Waals surface area (Å²) in [4.78, 5) is 21.6. The van der Waals surface area contributed by atoms with E-state index in [1.54, 1.807) is 0 Å². The average Bonchev–Trinajstić information content (AvgIpc) is 2.16. The van der Waals surface area contributed by atoms with Crippen molar-refractivity contribution >= 4 is 21.8 Å². The number of sulfone groups is 1. The highest BCUT2D eigenvalue weighted by Crippen LogP contribution is 1.87. The van der Waals surface area contributed by atoms with Gasteiger partial charge in [-0.05, 0) is 0 Å². The summed E-state index contributed by atoms with van der Waals surface area (Å²) in [5.41, 5.74) is 0. The molecule has 3 N–H and O–H groups in total. The zero-order valence-electron chi connectivity index (χ0n) is 9.60. The van der Waals surface area contributed by atoms with Crippen molar-refractivity contribution < 1.29 is 27.9 Å². The second-order valence-electron chi connectivity index (χ2n) is 3.33. The third-order valence-electron chi connectivity index (χ3n) is 1.77. The lowest BCUT2D eigenvalue weighted by atomic mass is 10.3. The highest BCUT2D eigenvalue weighted by atomic mass is 32.2. The third kappa shape index (κ3) is 8.46. The standard InChI is InChI=1S/C8H16N2O6S/c1-16-6(7(11)12)5-10-8(13)9-3-4-17(2,14)15/h6H,3-5H2,1-2H3,(H,11,12)(H2,9,10,13).